The predicted octanol–water partition coefficient (Wildman–Crippen LogP) is 3.66. The van der Waals surface area contributed by atoms with Crippen molar-refractivity contribution in [3.8, 4) is 6.07 Å². The quantitative estimate of drug-likeness (QED) is 0.919. The zero-order chi connectivity index (χ0) is 15.4. The molecule has 0 bridgehead atoms. The van der Waals surface area contributed by atoms with E-state index in [9.17, 15) is 4.79 Å². The second-order valence-electron chi connectivity index (χ2n) is 4.64. The molecule has 0 aromatic heterocycles. The van der Waals surface area contributed by atoms with Gasteiger partial charge in [-0.2, -0.15) is 5.26 Å². The van der Waals surface area contributed by atoms with Crippen molar-refractivity contribution in [3.05, 3.63) is 63.6 Å². The van der Waals surface area contributed by atoms with Crippen LogP contribution in [0.4, 0.5) is 5.69 Å². The van der Waals surface area contributed by atoms with Crippen molar-refractivity contribution in [2.24, 2.45) is 0 Å². The predicted molar refractivity (Wildman–Crippen MR) is 84.4 cm³/mol. The molecule has 106 valence electrons. The highest BCUT2D eigenvalue weighted by molar-refractivity contribution is 9.10. The number of aromatic carboxylic acids is 1. The number of anilines is 1. The van der Waals surface area contributed by atoms with E-state index < -0.39 is 5.97 Å². The van der Waals surface area contributed by atoms with Crippen molar-refractivity contribution >= 4 is 27.6 Å². The van der Waals surface area contributed by atoms with E-state index in [1.807, 2.05) is 18.0 Å². The van der Waals surface area contributed by atoms with Gasteiger partial charge in [-0.3, -0.25) is 0 Å². The first-order valence-corrected chi connectivity index (χ1v) is 7.03. The van der Waals surface area contributed by atoms with Crippen molar-refractivity contribution in [1.29, 1.82) is 5.26 Å². The molecule has 0 saturated carbocycles. The first-order valence-electron chi connectivity index (χ1n) is 6.24. The molecular weight excluding hydrogens is 332 g/mol. The van der Waals surface area contributed by atoms with E-state index in [2.05, 4.69) is 22.0 Å². The number of carbonyl (C=O) groups is 1. The number of carboxylic acid groups (broad SMARTS) is 1. The van der Waals surface area contributed by atoms with Gasteiger partial charge in [0, 0.05) is 18.1 Å². The van der Waals surface area contributed by atoms with Crippen molar-refractivity contribution in [3.63, 3.8) is 0 Å². The van der Waals surface area contributed by atoms with Crippen LogP contribution in [0.1, 0.15) is 21.5 Å². The average molecular weight is 345 g/mol. The smallest absolute Gasteiger partial charge is 0.335 e. The zero-order valence-electron chi connectivity index (χ0n) is 11.4. The van der Waals surface area contributed by atoms with Crippen LogP contribution in [0.5, 0.6) is 0 Å². The fourth-order valence-electron chi connectivity index (χ4n) is 2.00. The van der Waals surface area contributed by atoms with E-state index in [0.29, 0.717) is 12.1 Å². The van der Waals surface area contributed by atoms with Crippen molar-refractivity contribution in [2.75, 3.05) is 11.9 Å². The van der Waals surface area contributed by atoms with Gasteiger partial charge in [-0.15, -0.1) is 0 Å². The van der Waals surface area contributed by atoms with Crippen LogP contribution in [0, 0.1) is 11.3 Å². The summed E-state index contributed by atoms with van der Waals surface area (Å²) in [4.78, 5) is 12.8. The number of nitriles is 1. The van der Waals surface area contributed by atoms with Crippen LogP contribution in [0.2, 0.25) is 0 Å². The Labute approximate surface area is 131 Å². The summed E-state index contributed by atoms with van der Waals surface area (Å²) in [7, 11) is 1.94. The molecule has 0 heterocycles. The number of carboxylic acids is 1. The van der Waals surface area contributed by atoms with E-state index in [4.69, 9.17) is 10.4 Å². The van der Waals surface area contributed by atoms with Gasteiger partial charge in [0.25, 0.3) is 0 Å². The summed E-state index contributed by atoms with van der Waals surface area (Å²) < 4.78 is 0.853. The summed E-state index contributed by atoms with van der Waals surface area (Å²) >= 11 is 3.46. The molecule has 2 aromatic carbocycles. The minimum absolute atomic E-state index is 0.279. The molecular formula is C16H13BrN2O2. The molecule has 0 aliphatic carbocycles. The summed E-state index contributed by atoms with van der Waals surface area (Å²) in [6.45, 7) is 0.643. The SMILES string of the molecule is CN(Cc1ccc(C(=O)O)cc1)c1ccc(C#N)cc1Br. The Morgan fingerprint density at radius 3 is 2.48 bits per heavy atom. The van der Waals surface area contributed by atoms with E-state index in [1.54, 1.807) is 36.4 Å². The van der Waals surface area contributed by atoms with E-state index >= 15 is 0 Å². The number of benzene rings is 2. The summed E-state index contributed by atoms with van der Waals surface area (Å²) in [6, 6.07) is 14.3. The van der Waals surface area contributed by atoms with Crippen molar-refractivity contribution in [1.82, 2.24) is 0 Å². The summed E-state index contributed by atoms with van der Waals surface area (Å²) in [5, 5.41) is 17.7. The average Bonchev–Trinajstić information content (AvgIpc) is 2.47. The second-order valence-corrected chi connectivity index (χ2v) is 5.49. The number of halogens is 1. The van der Waals surface area contributed by atoms with Crippen LogP contribution in [0.25, 0.3) is 0 Å². The summed E-state index contributed by atoms with van der Waals surface area (Å²) in [6.07, 6.45) is 0. The zero-order valence-corrected chi connectivity index (χ0v) is 13.0. The molecule has 0 fully saturated rings. The maximum atomic E-state index is 10.8. The van der Waals surface area contributed by atoms with Crippen molar-refractivity contribution in [2.45, 2.75) is 6.54 Å². The van der Waals surface area contributed by atoms with Crippen LogP contribution in [-0.4, -0.2) is 18.1 Å². The van der Waals surface area contributed by atoms with Crippen LogP contribution < -0.4 is 4.90 Å². The highest BCUT2D eigenvalue weighted by atomic mass is 79.9. The third-order valence-corrected chi connectivity index (χ3v) is 3.74. The molecule has 0 spiro atoms. The maximum Gasteiger partial charge on any atom is 0.335 e. The molecule has 0 aliphatic heterocycles. The van der Waals surface area contributed by atoms with E-state index in [0.717, 1.165) is 15.7 Å². The van der Waals surface area contributed by atoms with Gasteiger partial charge in [0.2, 0.25) is 0 Å². The Bertz CT molecular complexity index is 705. The minimum atomic E-state index is -0.926. The number of nitrogens with zero attached hydrogens (tertiary/aromatic N) is 2. The number of hydrogen-bond donors (Lipinski definition) is 1. The molecule has 2 rings (SSSR count). The molecule has 0 unspecified atom stereocenters. The largest absolute Gasteiger partial charge is 0.478 e. The number of rotatable bonds is 4. The molecule has 5 heteroatoms. The molecule has 0 radical (unpaired) electrons. The molecule has 1 N–H and O–H groups in total. The molecule has 0 aliphatic rings. The van der Waals surface area contributed by atoms with E-state index in [-0.39, 0.29) is 5.56 Å². The molecule has 0 amide bonds. The second kappa shape index (κ2) is 6.42. The van der Waals surface area contributed by atoms with Crippen LogP contribution in [-0.2, 0) is 6.54 Å². The monoisotopic (exact) mass is 344 g/mol. The Kier molecular flexibility index (Phi) is 4.61. The summed E-state index contributed by atoms with van der Waals surface area (Å²) in [5.41, 5.74) is 2.86. The van der Waals surface area contributed by atoms with Gasteiger partial charge in [0.05, 0.1) is 22.9 Å². The fraction of sp³-hybridized carbons (Fsp3) is 0.125. The lowest BCUT2D eigenvalue weighted by Gasteiger charge is -2.21. The van der Waals surface area contributed by atoms with Gasteiger partial charge in [-0.25, -0.2) is 4.79 Å². The molecule has 0 atom stereocenters. The molecule has 21 heavy (non-hydrogen) atoms. The topological polar surface area (TPSA) is 64.3 Å². The van der Waals surface area contributed by atoms with Crippen molar-refractivity contribution < 1.29 is 9.90 Å². The highest BCUT2D eigenvalue weighted by Gasteiger charge is 2.08. The number of hydrogen-bond acceptors (Lipinski definition) is 3. The van der Waals surface area contributed by atoms with Gasteiger partial charge >= 0.3 is 5.97 Å². The van der Waals surface area contributed by atoms with E-state index in [1.165, 1.54) is 0 Å². The lowest BCUT2D eigenvalue weighted by molar-refractivity contribution is 0.0697. The third kappa shape index (κ3) is 3.61. The first-order chi connectivity index (χ1) is 10.0. The molecule has 0 saturated heterocycles. The molecule has 2 aromatic rings. The van der Waals surface area contributed by atoms with Crippen LogP contribution in [0.15, 0.2) is 46.9 Å². The standard InChI is InChI=1S/C16H13BrN2O2/c1-19(15-7-4-12(9-18)8-14(15)17)10-11-2-5-13(6-3-11)16(20)21/h2-8H,10H2,1H3,(H,20,21). The van der Waals surface area contributed by atoms with Gasteiger partial charge in [0.15, 0.2) is 0 Å². The van der Waals surface area contributed by atoms with Crippen LogP contribution in [0.3, 0.4) is 0 Å². The first kappa shape index (κ1) is 15.1. The lowest BCUT2D eigenvalue weighted by Crippen LogP contribution is -2.17. The van der Waals surface area contributed by atoms with Crippen LogP contribution >= 0.6 is 15.9 Å². The lowest BCUT2D eigenvalue weighted by atomic mass is 10.1. The fourth-order valence-corrected chi connectivity index (χ4v) is 2.68. The van der Waals surface area contributed by atoms with Gasteiger partial charge in [-0.05, 0) is 51.8 Å². The van der Waals surface area contributed by atoms with Gasteiger partial charge in [-0.1, -0.05) is 12.1 Å². The van der Waals surface area contributed by atoms with Gasteiger partial charge < -0.3 is 10.0 Å². The summed E-state index contributed by atoms with van der Waals surface area (Å²) in [5.74, 6) is -0.926. The highest BCUT2D eigenvalue weighted by Crippen LogP contribution is 2.27. The normalized spacial score (nSPS) is 9.95. The Balaban J connectivity index is 2.16. The maximum absolute atomic E-state index is 10.8. The van der Waals surface area contributed by atoms with Gasteiger partial charge in [0.1, 0.15) is 0 Å². The Hall–Kier alpha value is -2.32. The Morgan fingerprint density at radius 1 is 1.29 bits per heavy atom. The Morgan fingerprint density at radius 2 is 1.95 bits per heavy atom. The third-order valence-electron chi connectivity index (χ3n) is 3.11. The molecule has 4 nitrogen and oxygen atoms in total. The minimum Gasteiger partial charge on any atom is -0.478 e.